The lowest BCUT2D eigenvalue weighted by Crippen LogP contribution is -2.25. The molecule has 0 unspecified atom stereocenters. The van der Waals surface area contributed by atoms with Gasteiger partial charge in [0.1, 0.15) is 5.75 Å². The molecule has 0 aliphatic rings. The molecule has 166 valence electrons. The predicted octanol–water partition coefficient (Wildman–Crippen LogP) is 4.11. The van der Waals surface area contributed by atoms with Crippen LogP contribution < -0.4 is 5.32 Å². The summed E-state index contributed by atoms with van der Waals surface area (Å²) in [5.74, 6) is 0.0800. The summed E-state index contributed by atoms with van der Waals surface area (Å²) >= 11 is 0. The summed E-state index contributed by atoms with van der Waals surface area (Å²) in [5, 5.41) is 31.9. The molecule has 0 aliphatic heterocycles. The summed E-state index contributed by atoms with van der Waals surface area (Å²) in [5.41, 5.74) is 2.75. The summed E-state index contributed by atoms with van der Waals surface area (Å²) in [7, 11) is 0. The van der Waals surface area contributed by atoms with Crippen molar-refractivity contribution in [3.05, 3.63) is 65.2 Å². The number of aromatic hydroxyl groups is 1. The first kappa shape index (κ1) is 24.4. The monoisotopic (exact) mass is 415 g/mol. The Balaban J connectivity index is 1.45. The van der Waals surface area contributed by atoms with Crippen molar-refractivity contribution in [1.82, 2.24) is 5.32 Å². The number of hydrogen-bond acceptors (Lipinski definition) is 5. The Morgan fingerprint density at radius 1 is 0.833 bits per heavy atom. The second kappa shape index (κ2) is 15.0. The van der Waals surface area contributed by atoms with E-state index in [1.54, 1.807) is 18.2 Å². The van der Waals surface area contributed by atoms with Gasteiger partial charge >= 0.3 is 0 Å². The van der Waals surface area contributed by atoms with E-state index in [2.05, 4.69) is 35.6 Å². The normalized spacial score (nSPS) is 12.2. The first-order chi connectivity index (χ1) is 14.7. The van der Waals surface area contributed by atoms with Gasteiger partial charge < -0.3 is 25.4 Å². The van der Waals surface area contributed by atoms with E-state index in [4.69, 9.17) is 4.74 Å². The molecular formula is C25H37NO4. The summed E-state index contributed by atoms with van der Waals surface area (Å²) in [4.78, 5) is 0. The maximum Gasteiger partial charge on any atom is 0.121 e. The minimum absolute atomic E-state index is 0.0201. The van der Waals surface area contributed by atoms with E-state index in [9.17, 15) is 15.3 Å². The Morgan fingerprint density at radius 3 is 2.30 bits per heavy atom. The Bertz CT molecular complexity index is 693. The summed E-state index contributed by atoms with van der Waals surface area (Å²) in [6, 6.07) is 15.5. The number of phenols is 1. The zero-order chi connectivity index (χ0) is 21.4. The molecule has 0 bridgehead atoms. The van der Waals surface area contributed by atoms with Crippen LogP contribution >= 0.6 is 0 Å². The van der Waals surface area contributed by atoms with Gasteiger partial charge in [-0.2, -0.15) is 0 Å². The van der Waals surface area contributed by atoms with Crippen molar-refractivity contribution in [2.75, 3.05) is 26.4 Å². The lowest BCUT2D eigenvalue weighted by atomic mass is 10.0. The molecule has 30 heavy (non-hydrogen) atoms. The van der Waals surface area contributed by atoms with Crippen LogP contribution in [-0.4, -0.2) is 41.7 Å². The molecule has 1 atom stereocenters. The maximum absolute atomic E-state index is 9.66. The van der Waals surface area contributed by atoms with Crippen molar-refractivity contribution in [3.63, 3.8) is 0 Å². The second-order valence-electron chi connectivity index (χ2n) is 7.70. The fraction of sp³-hybridized carbons (Fsp3) is 0.520. The minimum Gasteiger partial charge on any atom is -0.508 e. The van der Waals surface area contributed by atoms with Crippen LogP contribution in [0.1, 0.15) is 61.3 Å². The molecule has 0 amide bonds. The summed E-state index contributed by atoms with van der Waals surface area (Å²) in [6.07, 6.45) is 7.79. The van der Waals surface area contributed by atoms with Crippen molar-refractivity contribution >= 4 is 0 Å². The van der Waals surface area contributed by atoms with Gasteiger partial charge in [0.2, 0.25) is 0 Å². The van der Waals surface area contributed by atoms with Crippen LogP contribution in [0.2, 0.25) is 0 Å². The third-order valence-corrected chi connectivity index (χ3v) is 5.31. The molecule has 4 N–H and O–H groups in total. The number of nitrogens with one attached hydrogen (secondary N) is 1. The number of unbranched alkanes of at least 4 members (excludes halogenated alkanes) is 4. The topological polar surface area (TPSA) is 82.0 Å². The third-order valence-electron chi connectivity index (χ3n) is 5.31. The van der Waals surface area contributed by atoms with E-state index >= 15 is 0 Å². The van der Waals surface area contributed by atoms with E-state index < -0.39 is 0 Å². The van der Waals surface area contributed by atoms with Gasteiger partial charge in [-0.3, -0.25) is 0 Å². The van der Waals surface area contributed by atoms with E-state index in [1.165, 1.54) is 12.0 Å². The molecule has 0 saturated carbocycles. The number of benzene rings is 2. The quantitative estimate of drug-likeness (QED) is 0.310. The maximum atomic E-state index is 9.66. The van der Waals surface area contributed by atoms with E-state index in [-0.39, 0.29) is 25.0 Å². The standard InChI is InChI=1S/C25H37NO4/c27-19-23-18-22(13-14-25(23)29)24(20-28)26-15-7-1-2-8-16-30-17-9-6-12-21-10-4-3-5-11-21/h3-5,10-11,13-14,18,24,26-29H,1-2,6-9,12,15-17,19-20H2/t24-/m1/s1. The van der Waals surface area contributed by atoms with Crippen molar-refractivity contribution in [1.29, 1.82) is 0 Å². The molecule has 0 aromatic heterocycles. The van der Waals surface area contributed by atoms with Gasteiger partial charge in [0.25, 0.3) is 0 Å². The number of hydrogen-bond donors (Lipinski definition) is 4. The second-order valence-corrected chi connectivity index (χ2v) is 7.70. The van der Waals surface area contributed by atoms with E-state index in [0.717, 1.165) is 63.8 Å². The van der Waals surface area contributed by atoms with Gasteiger partial charge in [0, 0.05) is 18.8 Å². The molecule has 0 heterocycles. The molecule has 0 radical (unpaired) electrons. The first-order valence-corrected chi connectivity index (χ1v) is 11.1. The fourth-order valence-electron chi connectivity index (χ4n) is 3.48. The average Bonchev–Trinajstić information content (AvgIpc) is 2.78. The fourth-order valence-corrected chi connectivity index (χ4v) is 3.48. The molecular weight excluding hydrogens is 378 g/mol. The van der Waals surface area contributed by atoms with Crippen LogP contribution in [0.5, 0.6) is 5.75 Å². The van der Waals surface area contributed by atoms with Crippen LogP contribution in [0.15, 0.2) is 48.5 Å². The van der Waals surface area contributed by atoms with Crippen LogP contribution in [-0.2, 0) is 17.8 Å². The number of rotatable bonds is 16. The smallest absolute Gasteiger partial charge is 0.121 e. The summed E-state index contributed by atoms with van der Waals surface area (Å²) in [6.45, 7) is 2.26. The molecule has 2 aromatic rings. The number of aliphatic hydroxyl groups is 2. The third kappa shape index (κ3) is 9.26. The van der Waals surface area contributed by atoms with Crippen molar-refractivity contribution < 1.29 is 20.1 Å². The van der Waals surface area contributed by atoms with E-state index in [1.807, 2.05) is 0 Å². The highest BCUT2D eigenvalue weighted by Gasteiger charge is 2.11. The van der Waals surface area contributed by atoms with Crippen LogP contribution in [0.25, 0.3) is 0 Å². The Morgan fingerprint density at radius 2 is 1.57 bits per heavy atom. The Hall–Kier alpha value is -1.92. The molecule has 0 saturated heterocycles. The SMILES string of the molecule is OCc1cc([C@@H](CO)NCCCCCCOCCCCc2ccccc2)ccc1O. The van der Waals surface area contributed by atoms with Crippen molar-refractivity contribution in [3.8, 4) is 5.75 Å². The van der Waals surface area contributed by atoms with Crippen LogP contribution in [0.4, 0.5) is 0 Å². The predicted molar refractivity (Wildman–Crippen MR) is 121 cm³/mol. The van der Waals surface area contributed by atoms with Crippen molar-refractivity contribution in [2.24, 2.45) is 0 Å². The average molecular weight is 416 g/mol. The highest BCUT2D eigenvalue weighted by atomic mass is 16.5. The van der Waals surface area contributed by atoms with Gasteiger partial charge in [0.15, 0.2) is 0 Å². The molecule has 0 spiro atoms. The van der Waals surface area contributed by atoms with Gasteiger partial charge in [-0.1, -0.05) is 49.2 Å². The highest BCUT2D eigenvalue weighted by Crippen LogP contribution is 2.22. The molecule has 2 aromatic carbocycles. The number of aliphatic hydroxyl groups excluding tert-OH is 2. The Labute approximate surface area is 180 Å². The minimum atomic E-state index is -0.215. The molecule has 5 heteroatoms. The van der Waals surface area contributed by atoms with Crippen LogP contribution in [0.3, 0.4) is 0 Å². The van der Waals surface area contributed by atoms with Gasteiger partial charge in [-0.05, 0) is 61.9 Å². The largest absolute Gasteiger partial charge is 0.508 e. The Kier molecular flexibility index (Phi) is 12.1. The molecule has 2 rings (SSSR count). The zero-order valence-corrected chi connectivity index (χ0v) is 17.9. The van der Waals surface area contributed by atoms with Gasteiger partial charge in [0.05, 0.1) is 19.3 Å². The molecule has 0 aliphatic carbocycles. The lowest BCUT2D eigenvalue weighted by molar-refractivity contribution is 0.126. The van der Waals surface area contributed by atoms with Gasteiger partial charge in [-0.25, -0.2) is 0 Å². The highest BCUT2D eigenvalue weighted by molar-refractivity contribution is 5.37. The lowest BCUT2D eigenvalue weighted by Gasteiger charge is -2.18. The summed E-state index contributed by atoms with van der Waals surface area (Å²) < 4.78 is 5.73. The van der Waals surface area contributed by atoms with Crippen molar-refractivity contribution in [2.45, 2.75) is 57.6 Å². The van der Waals surface area contributed by atoms with Gasteiger partial charge in [-0.15, -0.1) is 0 Å². The van der Waals surface area contributed by atoms with E-state index in [0.29, 0.717) is 5.56 Å². The zero-order valence-electron chi connectivity index (χ0n) is 17.9. The first-order valence-electron chi connectivity index (χ1n) is 11.1. The number of aryl methyl sites for hydroxylation is 1. The van der Waals surface area contributed by atoms with Crippen LogP contribution in [0, 0.1) is 0 Å². The molecule has 0 fully saturated rings. The molecule has 5 nitrogen and oxygen atoms in total. The number of ether oxygens (including phenoxy) is 1.